The third kappa shape index (κ3) is 4.25. The first kappa shape index (κ1) is 15.9. The molecule has 5 heteroatoms. The fraction of sp³-hybridized carbons (Fsp3) is 0.562. The van der Waals surface area contributed by atoms with Crippen LogP contribution in [-0.4, -0.2) is 59.1 Å². The number of carboxylic acids is 1. The van der Waals surface area contributed by atoms with Gasteiger partial charge in [-0.15, -0.1) is 0 Å². The van der Waals surface area contributed by atoms with E-state index in [1.54, 1.807) is 6.92 Å². The predicted octanol–water partition coefficient (Wildman–Crippen LogP) is 1.85. The van der Waals surface area contributed by atoms with Crippen molar-refractivity contribution in [1.29, 1.82) is 0 Å². The topological polar surface area (TPSA) is 43.8 Å². The van der Waals surface area contributed by atoms with Crippen LogP contribution in [-0.2, 0) is 11.2 Å². The summed E-state index contributed by atoms with van der Waals surface area (Å²) in [5.41, 5.74) is 1.13. The van der Waals surface area contributed by atoms with Gasteiger partial charge in [0, 0.05) is 32.2 Å². The van der Waals surface area contributed by atoms with E-state index in [-0.39, 0.29) is 5.82 Å². The molecule has 4 nitrogen and oxygen atoms in total. The molecule has 1 aromatic carbocycles. The second kappa shape index (κ2) is 7.00. The maximum Gasteiger partial charge on any atom is 0.320 e. The van der Waals surface area contributed by atoms with Gasteiger partial charge in [-0.25, -0.2) is 4.39 Å². The molecule has 0 aromatic heterocycles. The minimum atomic E-state index is -0.761. The molecule has 0 amide bonds. The van der Waals surface area contributed by atoms with Crippen molar-refractivity contribution in [2.75, 3.05) is 26.2 Å². The Morgan fingerprint density at radius 3 is 2.19 bits per heavy atom. The lowest BCUT2D eigenvalue weighted by Crippen LogP contribution is -2.54. The molecule has 116 valence electrons. The lowest BCUT2D eigenvalue weighted by Gasteiger charge is -2.39. The first-order valence-electron chi connectivity index (χ1n) is 7.42. The summed E-state index contributed by atoms with van der Waals surface area (Å²) < 4.78 is 12.9. The van der Waals surface area contributed by atoms with E-state index < -0.39 is 12.0 Å². The maximum atomic E-state index is 12.9. The first-order valence-corrected chi connectivity index (χ1v) is 7.42. The zero-order valence-corrected chi connectivity index (χ0v) is 12.6. The SMILES string of the molecule is CC(Cc1ccc(F)cc1)N1CCN(C(C)C(=O)O)CC1. The number of aliphatic carboxylic acids is 1. The van der Waals surface area contributed by atoms with Crippen LogP contribution in [0.15, 0.2) is 24.3 Å². The Kier molecular flexibility index (Phi) is 5.31. The number of hydrogen-bond donors (Lipinski definition) is 1. The molecule has 1 heterocycles. The lowest BCUT2D eigenvalue weighted by atomic mass is 10.0. The maximum absolute atomic E-state index is 12.9. The predicted molar refractivity (Wildman–Crippen MR) is 79.8 cm³/mol. The van der Waals surface area contributed by atoms with Crippen LogP contribution in [0.25, 0.3) is 0 Å². The minimum absolute atomic E-state index is 0.206. The highest BCUT2D eigenvalue weighted by Gasteiger charge is 2.26. The van der Waals surface area contributed by atoms with Gasteiger partial charge in [0.1, 0.15) is 11.9 Å². The van der Waals surface area contributed by atoms with Crippen molar-refractivity contribution in [2.45, 2.75) is 32.4 Å². The van der Waals surface area contributed by atoms with Gasteiger partial charge in [-0.05, 0) is 38.0 Å². The van der Waals surface area contributed by atoms with Gasteiger partial charge in [0.2, 0.25) is 0 Å². The minimum Gasteiger partial charge on any atom is -0.480 e. The van der Waals surface area contributed by atoms with E-state index >= 15 is 0 Å². The summed E-state index contributed by atoms with van der Waals surface area (Å²) in [6, 6.07) is 6.60. The second-order valence-corrected chi connectivity index (χ2v) is 5.77. The fourth-order valence-corrected chi connectivity index (χ4v) is 2.81. The van der Waals surface area contributed by atoms with E-state index in [9.17, 15) is 9.18 Å². The zero-order valence-electron chi connectivity index (χ0n) is 12.6. The Morgan fingerprint density at radius 2 is 1.67 bits per heavy atom. The summed E-state index contributed by atoms with van der Waals surface area (Å²) in [6.07, 6.45) is 0.884. The Bertz CT molecular complexity index is 470. The van der Waals surface area contributed by atoms with Crippen LogP contribution in [0.4, 0.5) is 4.39 Å². The average Bonchev–Trinajstić information content (AvgIpc) is 2.49. The number of halogens is 1. The van der Waals surface area contributed by atoms with Crippen molar-refractivity contribution in [1.82, 2.24) is 9.80 Å². The average molecular weight is 294 g/mol. The Morgan fingerprint density at radius 1 is 1.14 bits per heavy atom. The number of carboxylic acid groups (broad SMARTS) is 1. The molecule has 2 unspecified atom stereocenters. The molecule has 1 aliphatic rings. The largest absolute Gasteiger partial charge is 0.480 e. The summed E-state index contributed by atoms with van der Waals surface area (Å²) in [4.78, 5) is 15.4. The summed E-state index contributed by atoms with van der Waals surface area (Å²) in [6.45, 7) is 7.21. The zero-order chi connectivity index (χ0) is 15.4. The van der Waals surface area contributed by atoms with Crippen molar-refractivity contribution < 1.29 is 14.3 Å². The molecule has 0 aliphatic carbocycles. The molecule has 2 rings (SSSR count). The van der Waals surface area contributed by atoms with E-state index in [4.69, 9.17) is 5.11 Å². The fourth-order valence-electron chi connectivity index (χ4n) is 2.81. The number of hydrogen-bond acceptors (Lipinski definition) is 3. The molecule has 1 saturated heterocycles. The van der Waals surface area contributed by atoms with Crippen LogP contribution in [0.3, 0.4) is 0 Å². The van der Waals surface area contributed by atoms with E-state index in [1.807, 2.05) is 17.0 Å². The third-order valence-corrected chi connectivity index (χ3v) is 4.32. The molecule has 0 bridgehead atoms. The standard InChI is InChI=1S/C16H23FN2O2/c1-12(11-14-3-5-15(17)6-4-14)18-7-9-19(10-8-18)13(2)16(20)21/h3-6,12-13H,7-11H2,1-2H3,(H,20,21). The van der Waals surface area contributed by atoms with Crippen LogP contribution >= 0.6 is 0 Å². The molecule has 1 N–H and O–H groups in total. The van der Waals surface area contributed by atoms with E-state index in [1.165, 1.54) is 12.1 Å². The lowest BCUT2D eigenvalue weighted by molar-refractivity contribution is -0.143. The Balaban J connectivity index is 1.84. The number of benzene rings is 1. The van der Waals surface area contributed by atoms with E-state index in [2.05, 4.69) is 11.8 Å². The van der Waals surface area contributed by atoms with Gasteiger partial charge in [0.05, 0.1) is 0 Å². The Labute approximate surface area is 125 Å². The molecule has 21 heavy (non-hydrogen) atoms. The molecule has 0 radical (unpaired) electrons. The van der Waals surface area contributed by atoms with Crippen molar-refractivity contribution in [3.63, 3.8) is 0 Å². The van der Waals surface area contributed by atoms with Crippen molar-refractivity contribution in [3.05, 3.63) is 35.6 Å². The molecule has 1 fully saturated rings. The summed E-state index contributed by atoms with van der Waals surface area (Å²) in [7, 11) is 0. The number of nitrogens with zero attached hydrogens (tertiary/aromatic N) is 2. The van der Waals surface area contributed by atoms with Crippen LogP contribution in [0, 0.1) is 5.82 Å². The molecule has 1 aromatic rings. The van der Waals surface area contributed by atoms with Crippen molar-refractivity contribution in [2.24, 2.45) is 0 Å². The first-order chi connectivity index (χ1) is 9.97. The quantitative estimate of drug-likeness (QED) is 0.900. The highest BCUT2D eigenvalue weighted by atomic mass is 19.1. The molecule has 2 atom stereocenters. The normalized spacial score (nSPS) is 20.1. The molecule has 0 saturated carbocycles. The highest BCUT2D eigenvalue weighted by molar-refractivity contribution is 5.72. The third-order valence-electron chi connectivity index (χ3n) is 4.32. The van der Waals surface area contributed by atoms with Crippen molar-refractivity contribution in [3.8, 4) is 0 Å². The van der Waals surface area contributed by atoms with Gasteiger partial charge in [-0.1, -0.05) is 12.1 Å². The monoisotopic (exact) mass is 294 g/mol. The number of carbonyl (C=O) groups is 1. The van der Waals surface area contributed by atoms with Gasteiger partial charge >= 0.3 is 5.97 Å². The summed E-state index contributed by atoms with van der Waals surface area (Å²) in [5.74, 6) is -0.967. The van der Waals surface area contributed by atoms with Crippen LogP contribution in [0.1, 0.15) is 19.4 Å². The summed E-state index contributed by atoms with van der Waals surface area (Å²) >= 11 is 0. The van der Waals surface area contributed by atoms with Crippen LogP contribution < -0.4 is 0 Å². The smallest absolute Gasteiger partial charge is 0.320 e. The molecule has 0 spiro atoms. The van der Waals surface area contributed by atoms with Crippen LogP contribution in [0.5, 0.6) is 0 Å². The van der Waals surface area contributed by atoms with Crippen LogP contribution in [0.2, 0.25) is 0 Å². The summed E-state index contributed by atoms with van der Waals surface area (Å²) in [5, 5.41) is 9.04. The molecule has 1 aliphatic heterocycles. The highest BCUT2D eigenvalue weighted by Crippen LogP contribution is 2.14. The van der Waals surface area contributed by atoms with Gasteiger partial charge in [0.15, 0.2) is 0 Å². The van der Waals surface area contributed by atoms with Gasteiger partial charge in [0.25, 0.3) is 0 Å². The van der Waals surface area contributed by atoms with E-state index in [0.29, 0.717) is 6.04 Å². The van der Waals surface area contributed by atoms with Gasteiger partial charge in [-0.3, -0.25) is 14.6 Å². The van der Waals surface area contributed by atoms with Gasteiger partial charge in [-0.2, -0.15) is 0 Å². The second-order valence-electron chi connectivity index (χ2n) is 5.77. The van der Waals surface area contributed by atoms with Crippen molar-refractivity contribution >= 4 is 5.97 Å². The number of piperazine rings is 1. The van der Waals surface area contributed by atoms with Gasteiger partial charge < -0.3 is 5.11 Å². The molecular weight excluding hydrogens is 271 g/mol. The number of rotatable bonds is 5. The Hall–Kier alpha value is -1.46. The molecular formula is C16H23FN2O2. The van der Waals surface area contributed by atoms with E-state index in [0.717, 1.165) is 38.2 Å².